The van der Waals surface area contributed by atoms with Gasteiger partial charge in [0, 0.05) is 6.20 Å². The predicted molar refractivity (Wildman–Crippen MR) is 74.7 cm³/mol. The Morgan fingerprint density at radius 2 is 2.05 bits per heavy atom. The molecule has 0 saturated carbocycles. The van der Waals surface area contributed by atoms with Crippen LogP contribution in [-0.2, 0) is 0 Å². The fourth-order valence-electron chi connectivity index (χ4n) is 1.73. The van der Waals surface area contributed by atoms with Crippen LogP contribution >= 0.6 is 0 Å². The standard InChI is InChI=1S/C14H13N3O3/c1-8-4-5-11(9(7-8)14(19)20)17-13(18)12-10(15)3-2-6-16-12/h2-7H,15H2,1H3,(H,17,18)(H,19,20). The molecule has 0 aliphatic heterocycles. The number of nitrogens with two attached hydrogens (primary N) is 1. The van der Waals surface area contributed by atoms with Gasteiger partial charge in [-0.3, -0.25) is 4.79 Å². The van der Waals surface area contributed by atoms with Gasteiger partial charge in [0.1, 0.15) is 0 Å². The molecule has 0 saturated heterocycles. The van der Waals surface area contributed by atoms with Crippen LogP contribution in [-0.4, -0.2) is 22.0 Å². The molecule has 0 fully saturated rings. The first-order chi connectivity index (χ1) is 9.49. The number of carboxylic acid groups (broad SMARTS) is 1. The molecule has 2 rings (SSSR count). The smallest absolute Gasteiger partial charge is 0.337 e. The highest BCUT2D eigenvalue weighted by molar-refractivity contribution is 6.09. The maximum atomic E-state index is 12.0. The lowest BCUT2D eigenvalue weighted by Crippen LogP contribution is -2.17. The highest BCUT2D eigenvalue weighted by Crippen LogP contribution is 2.19. The van der Waals surface area contributed by atoms with E-state index >= 15 is 0 Å². The van der Waals surface area contributed by atoms with Crippen LogP contribution in [0.3, 0.4) is 0 Å². The van der Waals surface area contributed by atoms with E-state index in [0.717, 1.165) is 5.56 Å². The minimum Gasteiger partial charge on any atom is -0.478 e. The van der Waals surface area contributed by atoms with E-state index in [-0.39, 0.29) is 22.6 Å². The van der Waals surface area contributed by atoms with E-state index in [4.69, 9.17) is 10.8 Å². The summed E-state index contributed by atoms with van der Waals surface area (Å²) < 4.78 is 0. The van der Waals surface area contributed by atoms with Gasteiger partial charge in [0.05, 0.1) is 16.9 Å². The van der Waals surface area contributed by atoms with Gasteiger partial charge in [-0.2, -0.15) is 0 Å². The van der Waals surface area contributed by atoms with Crippen LogP contribution in [0.5, 0.6) is 0 Å². The summed E-state index contributed by atoms with van der Waals surface area (Å²) in [6.45, 7) is 1.77. The molecule has 0 bridgehead atoms. The minimum atomic E-state index is -1.11. The number of nitrogens with zero attached hydrogens (tertiary/aromatic N) is 1. The number of aromatic nitrogens is 1. The number of carboxylic acids is 1. The number of aryl methyl sites for hydroxylation is 1. The second-order valence-electron chi connectivity index (χ2n) is 4.25. The molecule has 6 nitrogen and oxygen atoms in total. The van der Waals surface area contributed by atoms with E-state index in [1.165, 1.54) is 18.3 Å². The number of aromatic carboxylic acids is 1. The number of nitrogen functional groups attached to an aromatic ring is 1. The Kier molecular flexibility index (Phi) is 3.65. The highest BCUT2D eigenvalue weighted by Gasteiger charge is 2.16. The molecule has 1 heterocycles. The Morgan fingerprint density at radius 1 is 1.30 bits per heavy atom. The summed E-state index contributed by atoms with van der Waals surface area (Å²) in [7, 11) is 0. The summed E-state index contributed by atoms with van der Waals surface area (Å²) in [4.78, 5) is 27.1. The Labute approximate surface area is 115 Å². The number of benzene rings is 1. The number of amides is 1. The molecule has 0 spiro atoms. The summed E-state index contributed by atoms with van der Waals surface area (Å²) in [6.07, 6.45) is 1.44. The fraction of sp³-hybridized carbons (Fsp3) is 0.0714. The Balaban J connectivity index is 2.33. The van der Waals surface area contributed by atoms with E-state index in [0.29, 0.717) is 0 Å². The molecule has 1 amide bonds. The van der Waals surface area contributed by atoms with Gasteiger partial charge in [-0.25, -0.2) is 9.78 Å². The van der Waals surface area contributed by atoms with Crippen molar-refractivity contribution in [1.82, 2.24) is 4.98 Å². The van der Waals surface area contributed by atoms with Crippen molar-refractivity contribution in [3.8, 4) is 0 Å². The maximum Gasteiger partial charge on any atom is 0.337 e. The van der Waals surface area contributed by atoms with Crippen molar-refractivity contribution < 1.29 is 14.7 Å². The Hall–Kier alpha value is -2.89. The molecule has 0 aliphatic carbocycles. The van der Waals surface area contributed by atoms with Crippen molar-refractivity contribution >= 4 is 23.3 Å². The molecule has 102 valence electrons. The Morgan fingerprint density at radius 3 is 2.70 bits per heavy atom. The van der Waals surface area contributed by atoms with Crippen LogP contribution in [0.1, 0.15) is 26.4 Å². The first-order valence-electron chi connectivity index (χ1n) is 5.85. The summed E-state index contributed by atoms with van der Waals surface area (Å²) in [6, 6.07) is 7.90. The zero-order valence-corrected chi connectivity index (χ0v) is 10.8. The molecule has 2 aromatic rings. The van der Waals surface area contributed by atoms with Crippen molar-refractivity contribution in [1.29, 1.82) is 0 Å². The highest BCUT2D eigenvalue weighted by atomic mass is 16.4. The van der Waals surface area contributed by atoms with Crippen LogP contribution in [0.4, 0.5) is 11.4 Å². The van der Waals surface area contributed by atoms with E-state index < -0.39 is 11.9 Å². The van der Waals surface area contributed by atoms with Gasteiger partial charge in [-0.15, -0.1) is 0 Å². The number of hydrogen-bond donors (Lipinski definition) is 3. The van der Waals surface area contributed by atoms with Gasteiger partial charge in [-0.1, -0.05) is 11.6 Å². The lowest BCUT2D eigenvalue weighted by Gasteiger charge is -2.09. The third-order valence-corrected chi connectivity index (χ3v) is 2.71. The molecule has 0 atom stereocenters. The molecule has 6 heteroatoms. The zero-order chi connectivity index (χ0) is 14.7. The molecule has 1 aromatic carbocycles. The summed E-state index contributed by atoms with van der Waals surface area (Å²) >= 11 is 0. The number of pyridine rings is 1. The number of anilines is 2. The first kappa shape index (κ1) is 13.5. The van der Waals surface area contributed by atoms with Crippen LogP contribution < -0.4 is 11.1 Å². The quantitative estimate of drug-likeness (QED) is 0.791. The van der Waals surface area contributed by atoms with Gasteiger partial charge in [-0.05, 0) is 31.2 Å². The van der Waals surface area contributed by atoms with Crippen molar-refractivity contribution in [3.63, 3.8) is 0 Å². The third kappa shape index (κ3) is 2.74. The molecule has 20 heavy (non-hydrogen) atoms. The number of hydrogen-bond acceptors (Lipinski definition) is 4. The van der Waals surface area contributed by atoms with Crippen LogP contribution in [0.25, 0.3) is 0 Å². The van der Waals surface area contributed by atoms with Gasteiger partial charge in [0.2, 0.25) is 0 Å². The van der Waals surface area contributed by atoms with E-state index in [9.17, 15) is 9.59 Å². The SMILES string of the molecule is Cc1ccc(NC(=O)c2ncccc2N)c(C(=O)O)c1. The molecule has 1 aromatic heterocycles. The van der Waals surface area contributed by atoms with Crippen LogP contribution in [0, 0.1) is 6.92 Å². The number of nitrogens with one attached hydrogen (secondary N) is 1. The van der Waals surface area contributed by atoms with Crippen LogP contribution in [0.15, 0.2) is 36.5 Å². The van der Waals surface area contributed by atoms with E-state index in [1.807, 2.05) is 0 Å². The van der Waals surface area contributed by atoms with Crippen LogP contribution in [0.2, 0.25) is 0 Å². The predicted octanol–water partition coefficient (Wildman–Crippen LogP) is 1.92. The fourth-order valence-corrected chi connectivity index (χ4v) is 1.73. The normalized spacial score (nSPS) is 10.1. The molecule has 0 aliphatic rings. The van der Waals surface area contributed by atoms with Gasteiger partial charge in [0.15, 0.2) is 5.69 Å². The third-order valence-electron chi connectivity index (χ3n) is 2.71. The zero-order valence-electron chi connectivity index (χ0n) is 10.8. The second-order valence-corrected chi connectivity index (χ2v) is 4.25. The second kappa shape index (κ2) is 5.40. The molecule has 0 radical (unpaired) electrons. The van der Waals surface area contributed by atoms with Crippen molar-refractivity contribution in [2.75, 3.05) is 11.1 Å². The summed E-state index contributed by atoms with van der Waals surface area (Å²) in [5, 5.41) is 11.7. The molecular weight excluding hydrogens is 258 g/mol. The average Bonchev–Trinajstić information content (AvgIpc) is 2.41. The van der Waals surface area contributed by atoms with Crippen molar-refractivity contribution in [2.24, 2.45) is 0 Å². The topological polar surface area (TPSA) is 105 Å². The molecule has 4 N–H and O–H groups in total. The van der Waals surface area contributed by atoms with Gasteiger partial charge >= 0.3 is 5.97 Å². The van der Waals surface area contributed by atoms with Crippen molar-refractivity contribution in [3.05, 3.63) is 53.3 Å². The Bertz CT molecular complexity index is 683. The number of carbonyl (C=O) groups excluding carboxylic acids is 1. The maximum absolute atomic E-state index is 12.0. The van der Waals surface area contributed by atoms with Crippen molar-refractivity contribution in [2.45, 2.75) is 6.92 Å². The minimum absolute atomic E-state index is 0.0212. The average molecular weight is 271 g/mol. The number of carbonyl (C=O) groups is 2. The first-order valence-corrected chi connectivity index (χ1v) is 5.85. The lowest BCUT2D eigenvalue weighted by molar-refractivity contribution is 0.0698. The summed E-state index contributed by atoms with van der Waals surface area (Å²) in [5.41, 5.74) is 6.96. The molecule has 0 unspecified atom stereocenters. The largest absolute Gasteiger partial charge is 0.478 e. The van der Waals surface area contributed by atoms with Gasteiger partial charge in [0.25, 0.3) is 5.91 Å². The lowest BCUT2D eigenvalue weighted by atomic mass is 10.1. The summed E-state index contributed by atoms with van der Waals surface area (Å²) in [5.74, 6) is -1.66. The monoisotopic (exact) mass is 271 g/mol. The number of rotatable bonds is 3. The van der Waals surface area contributed by atoms with Gasteiger partial charge < -0.3 is 16.2 Å². The van der Waals surface area contributed by atoms with E-state index in [1.54, 1.807) is 25.1 Å². The molecular formula is C14H13N3O3. The van der Waals surface area contributed by atoms with E-state index in [2.05, 4.69) is 10.3 Å².